The van der Waals surface area contributed by atoms with E-state index in [0.717, 1.165) is 19.6 Å². The summed E-state index contributed by atoms with van der Waals surface area (Å²) in [4.78, 5) is 24.5. The van der Waals surface area contributed by atoms with Crippen LogP contribution in [-0.2, 0) is 22.9 Å². The van der Waals surface area contributed by atoms with Gasteiger partial charge in [-0.05, 0) is 0 Å². The first-order chi connectivity index (χ1) is 13.5. The van der Waals surface area contributed by atoms with Gasteiger partial charge in [0.05, 0.1) is 59.4 Å². The summed E-state index contributed by atoms with van der Waals surface area (Å²) < 4.78 is 18.6. The molecule has 11 heteroatoms. The maximum Gasteiger partial charge on any atom is 0.501 e. The van der Waals surface area contributed by atoms with Gasteiger partial charge >= 0.3 is 8.80 Å². The normalized spacial score (nSPS) is 27.5. The van der Waals surface area contributed by atoms with Crippen molar-refractivity contribution in [2.45, 2.75) is 12.5 Å². The van der Waals surface area contributed by atoms with E-state index in [1.807, 2.05) is 7.05 Å². The Morgan fingerprint density at radius 3 is 1.86 bits per heavy atom. The fourth-order valence-electron chi connectivity index (χ4n) is 3.87. The van der Waals surface area contributed by atoms with Crippen LogP contribution in [0.1, 0.15) is 6.42 Å². The molecule has 1 unspecified atom stereocenters. The number of quaternary nitrogens is 2. The molecule has 0 saturated carbocycles. The van der Waals surface area contributed by atoms with Gasteiger partial charge in [0, 0.05) is 32.1 Å². The fraction of sp³-hybridized carbons (Fsp3) is 0.889. The van der Waals surface area contributed by atoms with E-state index >= 15 is 0 Å². The van der Waals surface area contributed by atoms with Gasteiger partial charge < -0.3 is 42.0 Å². The summed E-state index contributed by atoms with van der Waals surface area (Å²) in [6.07, 6.45) is 0.702. The largest absolute Gasteiger partial charge is 0.544 e. The average molecular weight is 434 g/mol. The standard InChI is InChI=1S/C18H35N3O7Si/c1-20(2,15-17(22)23)9-10-21(3,16-18(24)25)8-4-14-29-26-11-5-19(6-12-27-29)7-13-28-29/h4-16H2,1-3H3. The van der Waals surface area contributed by atoms with Gasteiger partial charge in [0.2, 0.25) is 0 Å². The SMILES string of the molecule is C[N+](C)(CC[N+](C)(CCC[Si]12OCCN(CCO1)CCO2)CC(=O)[O-])CC(=O)[O-]. The zero-order chi connectivity index (χ0) is 21.5. The number of nitrogens with zero attached hydrogens (tertiary/aromatic N) is 3. The molecule has 3 heterocycles. The Hall–Kier alpha value is -1.08. The number of carbonyl (C=O) groups is 2. The molecule has 0 radical (unpaired) electrons. The number of aliphatic carboxylic acids is 2. The van der Waals surface area contributed by atoms with E-state index in [9.17, 15) is 19.8 Å². The first kappa shape index (κ1) is 24.2. The van der Waals surface area contributed by atoms with Gasteiger partial charge in [0.1, 0.15) is 26.2 Å². The Morgan fingerprint density at radius 2 is 1.38 bits per heavy atom. The molecule has 1 atom stereocenters. The predicted molar refractivity (Wildman–Crippen MR) is 102 cm³/mol. The fourth-order valence-corrected chi connectivity index (χ4v) is 6.35. The molecule has 0 aliphatic carbocycles. The molecule has 0 aromatic heterocycles. The third-order valence-electron chi connectivity index (χ3n) is 5.68. The molecule has 0 aromatic rings. The Kier molecular flexibility index (Phi) is 8.58. The maximum atomic E-state index is 11.3. The van der Waals surface area contributed by atoms with E-state index in [4.69, 9.17) is 13.3 Å². The van der Waals surface area contributed by atoms with E-state index in [1.54, 1.807) is 14.1 Å². The predicted octanol–water partition coefficient (Wildman–Crippen LogP) is -3.28. The summed E-state index contributed by atoms with van der Waals surface area (Å²) in [6.45, 7) is 5.79. The van der Waals surface area contributed by atoms with Crippen molar-refractivity contribution >= 4 is 20.7 Å². The lowest BCUT2D eigenvalue weighted by Gasteiger charge is -2.40. The number of carboxylic acids is 2. The summed E-state index contributed by atoms with van der Waals surface area (Å²) in [6, 6.07) is 0.644. The van der Waals surface area contributed by atoms with E-state index < -0.39 is 20.7 Å². The lowest BCUT2D eigenvalue weighted by atomic mass is 10.3. The smallest absolute Gasteiger partial charge is 0.501 e. The van der Waals surface area contributed by atoms with Gasteiger partial charge in [-0.25, -0.2) is 0 Å². The van der Waals surface area contributed by atoms with E-state index in [-0.39, 0.29) is 22.1 Å². The highest BCUT2D eigenvalue weighted by Crippen LogP contribution is 2.23. The van der Waals surface area contributed by atoms with Crippen molar-refractivity contribution in [3.8, 4) is 0 Å². The maximum absolute atomic E-state index is 11.3. The van der Waals surface area contributed by atoms with Crippen LogP contribution in [0.2, 0.25) is 6.04 Å². The van der Waals surface area contributed by atoms with Crippen molar-refractivity contribution in [3.05, 3.63) is 0 Å². The molecule has 0 N–H and O–H groups in total. The highest BCUT2D eigenvalue weighted by molar-refractivity contribution is 6.60. The molecule has 3 fully saturated rings. The first-order valence-corrected chi connectivity index (χ1v) is 12.2. The Bertz CT molecular complexity index is 551. The van der Waals surface area contributed by atoms with E-state index in [0.29, 0.717) is 51.9 Å². The van der Waals surface area contributed by atoms with Crippen LogP contribution in [0.25, 0.3) is 0 Å². The zero-order valence-corrected chi connectivity index (χ0v) is 18.9. The third kappa shape index (κ3) is 8.28. The van der Waals surface area contributed by atoms with Gasteiger partial charge in [-0.2, -0.15) is 0 Å². The molecule has 0 aromatic carbocycles. The van der Waals surface area contributed by atoms with Crippen LogP contribution in [0, 0.1) is 0 Å². The molecule has 0 spiro atoms. The first-order valence-electron chi connectivity index (χ1n) is 10.2. The number of fused-ring (bicyclic) bond motifs is 6. The monoisotopic (exact) mass is 433 g/mol. The molecule has 3 rings (SSSR count). The van der Waals surface area contributed by atoms with Crippen LogP contribution in [0.15, 0.2) is 0 Å². The third-order valence-corrected chi connectivity index (χ3v) is 8.58. The minimum absolute atomic E-state index is 0.117. The molecule has 10 nitrogen and oxygen atoms in total. The summed E-state index contributed by atoms with van der Waals surface area (Å²) in [5.74, 6) is -2.23. The molecular formula is C18H35N3O7Si. The molecule has 2 bridgehead atoms. The van der Waals surface area contributed by atoms with Gasteiger partial charge in [0.25, 0.3) is 0 Å². The van der Waals surface area contributed by atoms with Crippen LogP contribution in [0.4, 0.5) is 0 Å². The molecule has 168 valence electrons. The van der Waals surface area contributed by atoms with Gasteiger partial charge in [0.15, 0.2) is 0 Å². The van der Waals surface area contributed by atoms with Crippen molar-refractivity contribution < 1.29 is 42.0 Å². The Morgan fingerprint density at radius 1 is 0.862 bits per heavy atom. The van der Waals surface area contributed by atoms with Crippen LogP contribution in [-0.4, -0.2) is 128 Å². The minimum Gasteiger partial charge on any atom is -0.544 e. The summed E-state index contributed by atoms with van der Waals surface area (Å²) >= 11 is 0. The lowest BCUT2D eigenvalue weighted by molar-refractivity contribution is -0.950. The number of hydrogen-bond acceptors (Lipinski definition) is 8. The molecule has 3 aliphatic heterocycles. The number of hydrogen-bond donors (Lipinski definition) is 0. The van der Waals surface area contributed by atoms with Crippen molar-refractivity contribution in [3.63, 3.8) is 0 Å². The van der Waals surface area contributed by atoms with Crippen LogP contribution in [0.3, 0.4) is 0 Å². The van der Waals surface area contributed by atoms with E-state index in [1.165, 1.54) is 0 Å². The van der Waals surface area contributed by atoms with Crippen LogP contribution < -0.4 is 10.2 Å². The second-order valence-electron chi connectivity index (χ2n) is 8.96. The summed E-state index contributed by atoms with van der Waals surface area (Å²) in [5, 5.41) is 22.3. The molecule has 3 saturated heterocycles. The van der Waals surface area contributed by atoms with E-state index in [2.05, 4.69) is 4.90 Å². The summed E-state index contributed by atoms with van der Waals surface area (Å²) in [7, 11) is 2.72. The van der Waals surface area contributed by atoms with Crippen LogP contribution in [0.5, 0.6) is 0 Å². The van der Waals surface area contributed by atoms with Gasteiger partial charge in [-0.3, -0.25) is 4.90 Å². The lowest BCUT2D eigenvalue weighted by Crippen LogP contribution is -2.59. The van der Waals surface area contributed by atoms with Gasteiger partial charge in [-0.15, -0.1) is 0 Å². The highest BCUT2D eigenvalue weighted by Gasteiger charge is 2.44. The minimum atomic E-state index is -2.74. The van der Waals surface area contributed by atoms with Crippen LogP contribution >= 0.6 is 0 Å². The van der Waals surface area contributed by atoms with Crippen molar-refractivity contribution in [1.29, 1.82) is 0 Å². The molecule has 0 amide bonds. The average Bonchev–Trinajstić information content (AvgIpc) is 2.52. The Balaban J connectivity index is 1.94. The number of likely N-dealkylation sites (N-methyl/N-ethyl adjacent to an activating group) is 2. The molecule has 29 heavy (non-hydrogen) atoms. The topological polar surface area (TPSA) is 111 Å². The van der Waals surface area contributed by atoms with Crippen molar-refractivity contribution in [1.82, 2.24) is 4.90 Å². The van der Waals surface area contributed by atoms with Crippen molar-refractivity contribution in [2.75, 3.05) is 93.3 Å². The number of carboxylic acid groups (broad SMARTS) is 2. The van der Waals surface area contributed by atoms with Crippen molar-refractivity contribution in [2.24, 2.45) is 0 Å². The second kappa shape index (κ2) is 10.3. The zero-order valence-electron chi connectivity index (χ0n) is 17.9. The second-order valence-corrected chi connectivity index (χ2v) is 11.7. The quantitative estimate of drug-likeness (QED) is 0.246. The number of rotatable bonds is 11. The Labute approximate surface area is 174 Å². The summed E-state index contributed by atoms with van der Waals surface area (Å²) in [5.41, 5.74) is 0. The van der Waals surface area contributed by atoms with Gasteiger partial charge in [-0.1, -0.05) is 0 Å². The molecular weight excluding hydrogens is 398 g/mol. The molecule has 3 aliphatic rings. The number of carbonyl (C=O) groups excluding carboxylic acids is 2. The highest BCUT2D eigenvalue weighted by atomic mass is 28.4.